The van der Waals surface area contributed by atoms with Gasteiger partial charge in [-0.15, -0.1) is 0 Å². The van der Waals surface area contributed by atoms with Gasteiger partial charge in [-0.1, -0.05) is 6.07 Å². The second-order valence-electron chi connectivity index (χ2n) is 6.59. The highest BCUT2D eigenvalue weighted by Gasteiger charge is 2.25. The molecule has 3 rings (SSSR count). The van der Waals surface area contributed by atoms with E-state index < -0.39 is 0 Å². The topological polar surface area (TPSA) is 82.0 Å². The highest BCUT2D eigenvalue weighted by molar-refractivity contribution is 5.80. The number of ether oxygens (including phenoxy) is 1. The Morgan fingerprint density at radius 3 is 3.00 bits per heavy atom. The maximum absolute atomic E-state index is 14.0. The lowest BCUT2D eigenvalue weighted by molar-refractivity contribution is 0.373. The fourth-order valence-corrected chi connectivity index (χ4v) is 3.20. The van der Waals surface area contributed by atoms with Gasteiger partial charge in [0.05, 0.1) is 13.7 Å². The van der Waals surface area contributed by atoms with Crippen molar-refractivity contribution in [2.75, 3.05) is 31.6 Å². The van der Waals surface area contributed by atoms with Gasteiger partial charge < -0.3 is 25.4 Å². The molecule has 1 aliphatic rings. The van der Waals surface area contributed by atoms with Crippen molar-refractivity contribution in [3.05, 3.63) is 47.9 Å². The molecule has 2 aromatic rings. The van der Waals surface area contributed by atoms with Crippen LogP contribution in [0.4, 0.5) is 10.2 Å². The van der Waals surface area contributed by atoms with E-state index in [2.05, 4.69) is 20.6 Å². The second-order valence-corrected chi connectivity index (χ2v) is 6.59. The number of aromatic nitrogens is 1. The minimum Gasteiger partial charge on any atom is -0.504 e. The first-order valence-corrected chi connectivity index (χ1v) is 9.37. The minimum absolute atomic E-state index is 0.0944. The predicted molar refractivity (Wildman–Crippen MR) is 107 cm³/mol. The van der Waals surface area contributed by atoms with E-state index in [1.54, 1.807) is 24.4 Å². The quantitative estimate of drug-likeness (QED) is 0.521. The summed E-state index contributed by atoms with van der Waals surface area (Å²) in [6, 6.07) is 8.40. The summed E-state index contributed by atoms with van der Waals surface area (Å²) < 4.78 is 19.0. The Morgan fingerprint density at radius 1 is 1.43 bits per heavy atom. The number of rotatable bonds is 6. The van der Waals surface area contributed by atoms with Gasteiger partial charge in [0.1, 0.15) is 0 Å². The van der Waals surface area contributed by atoms with Crippen LogP contribution in [-0.2, 0) is 6.54 Å². The maximum Gasteiger partial charge on any atom is 0.191 e. The van der Waals surface area contributed by atoms with Crippen LogP contribution in [-0.4, -0.2) is 48.8 Å². The summed E-state index contributed by atoms with van der Waals surface area (Å²) >= 11 is 0. The van der Waals surface area contributed by atoms with Crippen LogP contribution in [0.2, 0.25) is 0 Å². The van der Waals surface area contributed by atoms with Crippen LogP contribution in [0.5, 0.6) is 11.5 Å². The number of phenolic OH excluding ortho intramolecular Hbond substituents is 1. The van der Waals surface area contributed by atoms with Crippen molar-refractivity contribution in [2.24, 2.45) is 4.99 Å². The number of hydrogen-bond donors (Lipinski definition) is 3. The van der Waals surface area contributed by atoms with Gasteiger partial charge >= 0.3 is 0 Å². The molecular formula is C20H26FN5O2. The van der Waals surface area contributed by atoms with E-state index in [4.69, 9.17) is 4.74 Å². The van der Waals surface area contributed by atoms with Crippen molar-refractivity contribution < 1.29 is 14.2 Å². The van der Waals surface area contributed by atoms with Crippen LogP contribution in [0, 0.1) is 5.82 Å². The molecule has 1 aromatic heterocycles. The van der Waals surface area contributed by atoms with Crippen molar-refractivity contribution in [1.82, 2.24) is 15.6 Å². The largest absolute Gasteiger partial charge is 0.504 e. The number of anilines is 1. The van der Waals surface area contributed by atoms with Crippen molar-refractivity contribution in [3.63, 3.8) is 0 Å². The number of aliphatic imine (C=N–C) groups is 1. The van der Waals surface area contributed by atoms with E-state index in [0.29, 0.717) is 30.6 Å². The zero-order valence-electron chi connectivity index (χ0n) is 16.2. The van der Waals surface area contributed by atoms with Crippen LogP contribution < -0.4 is 20.3 Å². The molecule has 0 saturated carbocycles. The normalized spacial score (nSPS) is 16.9. The highest BCUT2D eigenvalue weighted by atomic mass is 19.1. The van der Waals surface area contributed by atoms with Crippen LogP contribution in [0.25, 0.3) is 0 Å². The van der Waals surface area contributed by atoms with E-state index in [1.165, 1.54) is 13.2 Å². The van der Waals surface area contributed by atoms with Gasteiger partial charge in [0.15, 0.2) is 29.1 Å². The smallest absolute Gasteiger partial charge is 0.191 e. The van der Waals surface area contributed by atoms with Crippen molar-refractivity contribution in [3.8, 4) is 11.5 Å². The summed E-state index contributed by atoms with van der Waals surface area (Å²) in [5.41, 5.74) is 0.874. The van der Waals surface area contributed by atoms with Gasteiger partial charge in [-0.2, -0.15) is 0 Å². The second kappa shape index (κ2) is 9.25. The number of aromatic hydroxyl groups is 1. The molecule has 1 aliphatic heterocycles. The minimum atomic E-state index is -0.303. The Hall–Kier alpha value is -3.03. The first-order valence-electron chi connectivity index (χ1n) is 9.37. The van der Waals surface area contributed by atoms with Crippen molar-refractivity contribution >= 4 is 11.8 Å². The standard InChI is InChI=1S/C20H26FN5O2/c1-3-22-20(24-12-14-6-7-18(28-2)17(27)11-14)25-15-8-10-26(13-15)19-16(21)5-4-9-23-19/h4-7,9,11,15,27H,3,8,10,12-13H2,1-2H3,(H2,22,24,25). The van der Waals surface area contributed by atoms with E-state index in [1.807, 2.05) is 17.9 Å². The first-order chi connectivity index (χ1) is 13.6. The molecule has 1 atom stereocenters. The van der Waals surface area contributed by atoms with E-state index >= 15 is 0 Å². The molecule has 8 heteroatoms. The molecule has 3 N–H and O–H groups in total. The number of guanidine groups is 1. The Balaban J connectivity index is 1.62. The Labute approximate surface area is 164 Å². The zero-order valence-corrected chi connectivity index (χ0v) is 16.2. The van der Waals surface area contributed by atoms with Gasteiger partial charge in [-0.3, -0.25) is 0 Å². The van der Waals surface area contributed by atoms with E-state index in [-0.39, 0.29) is 17.6 Å². The Bertz CT molecular complexity index is 830. The molecule has 0 radical (unpaired) electrons. The number of nitrogens with one attached hydrogen (secondary N) is 2. The Morgan fingerprint density at radius 2 is 2.29 bits per heavy atom. The third-order valence-electron chi connectivity index (χ3n) is 4.57. The van der Waals surface area contributed by atoms with Gasteiger partial charge in [-0.25, -0.2) is 14.4 Å². The van der Waals surface area contributed by atoms with Crippen molar-refractivity contribution in [1.29, 1.82) is 0 Å². The van der Waals surface area contributed by atoms with E-state index in [0.717, 1.165) is 25.1 Å². The summed E-state index contributed by atoms with van der Waals surface area (Å²) in [5, 5.41) is 16.5. The molecule has 150 valence electrons. The number of halogens is 1. The summed E-state index contributed by atoms with van der Waals surface area (Å²) in [6.07, 6.45) is 2.47. The molecule has 1 unspecified atom stereocenters. The SMILES string of the molecule is CCNC(=NCc1ccc(OC)c(O)c1)NC1CCN(c2ncccc2F)C1. The van der Waals surface area contributed by atoms with Gasteiger partial charge in [-0.05, 0) is 43.2 Å². The molecule has 0 bridgehead atoms. The summed E-state index contributed by atoms with van der Waals surface area (Å²) in [5.74, 6) is 1.30. The molecule has 1 fully saturated rings. The van der Waals surface area contributed by atoms with Gasteiger partial charge in [0.25, 0.3) is 0 Å². The van der Waals surface area contributed by atoms with Crippen LogP contribution in [0.1, 0.15) is 18.9 Å². The van der Waals surface area contributed by atoms with Gasteiger partial charge in [0.2, 0.25) is 0 Å². The number of nitrogens with zero attached hydrogens (tertiary/aromatic N) is 3. The molecule has 1 saturated heterocycles. The lowest BCUT2D eigenvalue weighted by Gasteiger charge is -2.20. The summed E-state index contributed by atoms with van der Waals surface area (Å²) in [6.45, 7) is 4.53. The molecule has 0 aliphatic carbocycles. The van der Waals surface area contributed by atoms with Crippen LogP contribution >= 0.6 is 0 Å². The number of phenols is 1. The molecule has 28 heavy (non-hydrogen) atoms. The third kappa shape index (κ3) is 4.82. The fraction of sp³-hybridized carbons (Fsp3) is 0.400. The molecular weight excluding hydrogens is 361 g/mol. The third-order valence-corrected chi connectivity index (χ3v) is 4.57. The Kier molecular flexibility index (Phi) is 6.52. The van der Waals surface area contributed by atoms with E-state index in [9.17, 15) is 9.50 Å². The number of pyridine rings is 1. The lowest BCUT2D eigenvalue weighted by Crippen LogP contribution is -2.44. The molecule has 0 amide bonds. The lowest BCUT2D eigenvalue weighted by atomic mass is 10.2. The first kappa shape index (κ1) is 19.7. The average Bonchev–Trinajstić information content (AvgIpc) is 3.15. The molecule has 0 spiro atoms. The number of benzene rings is 1. The average molecular weight is 387 g/mol. The summed E-state index contributed by atoms with van der Waals surface area (Å²) in [4.78, 5) is 10.7. The fourth-order valence-electron chi connectivity index (χ4n) is 3.20. The summed E-state index contributed by atoms with van der Waals surface area (Å²) in [7, 11) is 1.52. The number of methoxy groups -OCH3 is 1. The monoisotopic (exact) mass is 387 g/mol. The van der Waals surface area contributed by atoms with Crippen LogP contribution in [0.3, 0.4) is 0 Å². The number of hydrogen-bond acceptors (Lipinski definition) is 5. The van der Waals surface area contributed by atoms with Gasteiger partial charge in [0, 0.05) is 31.9 Å². The molecule has 1 aromatic carbocycles. The highest BCUT2D eigenvalue weighted by Crippen LogP contribution is 2.26. The zero-order chi connectivity index (χ0) is 19.9. The molecule has 7 nitrogen and oxygen atoms in total. The maximum atomic E-state index is 14.0. The predicted octanol–water partition coefficient (Wildman–Crippen LogP) is 2.27. The van der Waals surface area contributed by atoms with Crippen molar-refractivity contribution in [2.45, 2.75) is 25.9 Å². The molecule has 2 heterocycles. The van der Waals surface area contributed by atoms with Crippen LogP contribution in [0.15, 0.2) is 41.5 Å².